The van der Waals surface area contributed by atoms with Crippen LogP contribution in [0.2, 0.25) is 0 Å². The smallest absolute Gasteiger partial charge is 0.00718 e. The van der Waals surface area contributed by atoms with Gasteiger partial charge in [0, 0.05) is 24.0 Å². The molecule has 0 aromatic heterocycles. The fraction of sp³-hybridized carbons (Fsp3) is 1.00. The van der Waals surface area contributed by atoms with E-state index in [1.807, 2.05) is 0 Å². The van der Waals surface area contributed by atoms with E-state index in [4.69, 9.17) is 0 Å². The highest BCUT2D eigenvalue weighted by Gasteiger charge is 2.26. The Morgan fingerprint density at radius 3 is 2.33 bits per heavy atom. The third-order valence-electron chi connectivity index (χ3n) is 3.76. The molecule has 2 heteroatoms. The first-order valence-electron chi connectivity index (χ1n) is 6.50. The summed E-state index contributed by atoms with van der Waals surface area (Å²) in [6, 6.07) is 1.60. The second-order valence-electron chi connectivity index (χ2n) is 5.13. The van der Waals surface area contributed by atoms with Gasteiger partial charge in [0.1, 0.15) is 0 Å². The zero-order valence-electron chi connectivity index (χ0n) is 10.5. The lowest BCUT2D eigenvalue weighted by molar-refractivity contribution is 0.0862. The predicted molar refractivity (Wildman–Crippen MR) is 71.7 cm³/mol. The number of hydrogen-bond acceptors (Lipinski definition) is 1. The van der Waals surface area contributed by atoms with Crippen molar-refractivity contribution < 1.29 is 0 Å². The molecule has 1 aliphatic rings. The lowest BCUT2D eigenvalue weighted by Crippen LogP contribution is -2.46. The standard InChI is InChI=1S/C13H26BrN/c1-4-6-13(9-14)10-15-11(2)7-5-8-12(15)3/h11-13H,4-10H2,1-3H3/t11-,12+,13?. The Morgan fingerprint density at radius 2 is 1.87 bits per heavy atom. The summed E-state index contributed by atoms with van der Waals surface area (Å²) in [6.07, 6.45) is 6.89. The van der Waals surface area contributed by atoms with Crippen LogP contribution in [0.3, 0.4) is 0 Å². The SMILES string of the molecule is CCCC(CBr)CN1[C@H](C)CCC[C@@H]1C. The van der Waals surface area contributed by atoms with Crippen LogP contribution in [0, 0.1) is 5.92 Å². The number of nitrogens with zero attached hydrogens (tertiary/aromatic N) is 1. The molecule has 1 heterocycles. The molecule has 0 amide bonds. The number of alkyl halides is 1. The average molecular weight is 276 g/mol. The van der Waals surface area contributed by atoms with Gasteiger partial charge in [0.25, 0.3) is 0 Å². The molecule has 0 bridgehead atoms. The Kier molecular flexibility index (Phi) is 6.21. The van der Waals surface area contributed by atoms with Gasteiger partial charge in [-0.2, -0.15) is 0 Å². The van der Waals surface area contributed by atoms with Crippen LogP contribution < -0.4 is 0 Å². The molecule has 1 nitrogen and oxygen atoms in total. The average Bonchev–Trinajstić information content (AvgIpc) is 2.22. The summed E-state index contributed by atoms with van der Waals surface area (Å²) in [5.74, 6) is 0.845. The highest BCUT2D eigenvalue weighted by atomic mass is 79.9. The van der Waals surface area contributed by atoms with E-state index in [0.29, 0.717) is 0 Å². The molecule has 0 aromatic carbocycles. The molecule has 1 unspecified atom stereocenters. The van der Waals surface area contributed by atoms with Gasteiger partial charge in [-0.3, -0.25) is 4.90 Å². The van der Waals surface area contributed by atoms with Crippen LogP contribution in [-0.2, 0) is 0 Å². The lowest BCUT2D eigenvalue weighted by Gasteiger charge is -2.40. The minimum absolute atomic E-state index is 0.798. The second kappa shape index (κ2) is 6.90. The van der Waals surface area contributed by atoms with Gasteiger partial charge in [0.15, 0.2) is 0 Å². The maximum Gasteiger partial charge on any atom is 0.00718 e. The van der Waals surface area contributed by atoms with Gasteiger partial charge in [-0.15, -0.1) is 0 Å². The topological polar surface area (TPSA) is 3.24 Å². The molecular weight excluding hydrogens is 250 g/mol. The molecule has 3 atom stereocenters. The summed E-state index contributed by atoms with van der Waals surface area (Å²) >= 11 is 3.66. The number of hydrogen-bond donors (Lipinski definition) is 0. The van der Waals surface area contributed by atoms with Gasteiger partial charge in [-0.1, -0.05) is 35.7 Å². The van der Waals surface area contributed by atoms with Crippen molar-refractivity contribution in [1.82, 2.24) is 4.90 Å². The van der Waals surface area contributed by atoms with Crippen molar-refractivity contribution in [2.75, 3.05) is 11.9 Å². The minimum Gasteiger partial charge on any atom is -0.298 e. The first-order chi connectivity index (χ1) is 7.19. The number of likely N-dealkylation sites (tertiary alicyclic amines) is 1. The number of rotatable bonds is 5. The van der Waals surface area contributed by atoms with Crippen LogP contribution in [-0.4, -0.2) is 28.9 Å². The highest BCUT2D eigenvalue weighted by molar-refractivity contribution is 9.09. The Labute approximate surface area is 104 Å². The zero-order valence-corrected chi connectivity index (χ0v) is 12.1. The Morgan fingerprint density at radius 1 is 1.27 bits per heavy atom. The van der Waals surface area contributed by atoms with Gasteiger partial charge >= 0.3 is 0 Å². The van der Waals surface area contributed by atoms with E-state index in [0.717, 1.165) is 23.3 Å². The van der Waals surface area contributed by atoms with Crippen molar-refractivity contribution in [3.05, 3.63) is 0 Å². The van der Waals surface area contributed by atoms with E-state index < -0.39 is 0 Å². The van der Waals surface area contributed by atoms with Gasteiger partial charge in [-0.05, 0) is 39.0 Å². The van der Waals surface area contributed by atoms with Crippen LogP contribution >= 0.6 is 15.9 Å². The second-order valence-corrected chi connectivity index (χ2v) is 5.78. The third-order valence-corrected chi connectivity index (χ3v) is 4.68. The van der Waals surface area contributed by atoms with Crippen molar-refractivity contribution in [3.63, 3.8) is 0 Å². The fourth-order valence-electron chi connectivity index (χ4n) is 2.76. The molecule has 0 N–H and O–H groups in total. The quantitative estimate of drug-likeness (QED) is 0.684. The van der Waals surface area contributed by atoms with Crippen molar-refractivity contribution in [2.24, 2.45) is 5.92 Å². The fourth-order valence-corrected chi connectivity index (χ4v) is 3.29. The number of halogens is 1. The molecule has 0 spiro atoms. The Hall–Kier alpha value is 0.440. The molecule has 90 valence electrons. The zero-order chi connectivity index (χ0) is 11.3. The highest BCUT2D eigenvalue weighted by Crippen LogP contribution is 2.25. The molecule has 1 saturated heterocycles. The van der Waals surface area contributed by atoms with E-state index in [9.17, 15) is 0 Å². The molecule has 1 aliphatic heterocycles. The monoisotopic (exact) mass is 275 g/mol. The maximum absolute atomic E-state index is 3.66. The molecule has 0 saturated carbocycles. The van der Waals surface area contributed by atoms with E-state index in [-0.39, 0.29) is 0 Å². The molecule has 0 aromatic rings. The molecule has 0 aliphatic carbocycles. The summed E-state index contributed by atoms with van der Waals surface area (Å²) in [5.41, 5.74) is 0. The van der Waals surface area contributed by atoms with Gasteiger partial charge in [0.2, 0.25) is 0 Å². The van der Waals surface area contributed by atoms with Crippen molar-refractivity contribution in [2.45, 2.75) is 65.0 Å². The van der Waals surface area contributed by atoms with E-state index in [1.165, 1.54) is 38.6 Å². The largest absolute Gasteiger partial charge is 0.298 e. The summed E-state index contributed by atoms with van der Waals surface area (Å²) in [7, 11) is 0. The maximum atomic E-state index is 3.66. The molecule has 0 radical (unpaired) electrons. The van der Waals surface area contributed by atoms with Crippen LogP contribution in [0.15, 0.2) is 0 Å². The summed E-state index contributed by atoms with van der Waals surface area (Å²) < 4.78 is 0. The first-order valence-corrected chi connectivity index (χ1v) is 7.62. The van der Waals surface area contributed by atoms with Crippen molar-refractivity contribution in [3.8, 4) is 0 Å². The third kappa shape index (κ3) is 4.07. The van der Waals surface area contributed by atoms with Crippen molar-refractivity contribution >= 4 is 15.9 Å². The first kappa shape index (κ1) is 13.5. The lowest BCUT2D eigenvalue weighted by atomic mass is 9.95. The molecular formula is C13H26BrN. The summed E-state index contributed by atoms with van der Waals surface area (Å²) in [4.78, 5) is 2.73. The van der Waals surface area contributed by atoms with Crippen LogP contribution in [0.4, 0.5) is 0 Å². The van der Waals surface area contributed by atoms with E-state index in [1.54, 1.807) is 0 Å². The summed E-state index contributed by atoms with van der Waals surface area (Å²) in [6.45, 7) is 8.37. The molecule has 1 fully saturated rings. The summed E-state index contributed by atoms with van der Waals surface area (Å²) in [5, 5.41) is 1.16. The van der Waals surface area contributed by atoms with Crippen LogP contribution in [0.5, 0.6) is 0 Å². The van der Waals surface area contributed by atoms with E-state index >= 15 is 0 Å². The van der Waals surface area contributed by atoms with Crippen LogP contribution in [0.1, 0.15) is 52.9 Å². The Bertz CT molecular complexity index is 162. The number of piperidine rings is 1. The Balaban J connectivity index is 2.45. The van der Waals surface area contributed by atoms with Gasteiger partial charge in [0.05, 0.1) is 0 Å². The van der Waals surface area contributed by atoms with Crippen LogP contribution in [0.25, 0.3) is 0 Å². The van der Waals surface area contributed by atoms with E-state index in [2.05, 4.69) is 41.6 Å². The predicted octanol–water partition coefficient (Wildman–Crippen LogP) is 4.06. The van der Waals surface area contributed by atoms with Gasteiger partial charge < -0.3 is 0 Å². The van der Waals surface area contributed by atoms with Crippen molar-refractivity contribution in [1.29, 1.82) is 0 Å². The minimum atomic E-state index is 0.798. The molecule has 1 rings (SSSR count). The normalized spacial score (nSPS) is 30.4. The molecule has 15 heavy (non-hydrogen) atoms. The van der Waals surface area contributed by atoms with Gasteiger partial charge in [-0.25, -0.2) is 0 Å².